The van der Waals surface area contributed by atoms with Gasteiger partial charge in [0, 0.05) is 12.7 Å². The topological polar surface area (TPSA) is 44.1 Å². The number of aryl methyl sites for hydroxylation is 1. The van der Waals surface area contributed by atoms with E-state index in [0.717, 1.165) is 11.4 Å². The number of rotatable bonds is 4. The van der Waals surface area contributed by atoms with Crippen molar-refractivity contribution in [1.82, 2.24) is 9.78 Å². The summed E-state index contributed by atoms with van der Waals surface area (Å²) >= 11 is 0. The minimum absolute atomic E-state index is 0.190. The highest BCUT2D eigenvalue weighted by Crippen LogP contribution is 2.16. The Kier molecular flexibility index (Phi) is 4.00. The molecule has 0 amide bonds. The van der Waals surface area contributed by atoms with Gasteiger partial charge in [-0.05, 0) is 24.1 Å². The average Bonchev–Trinajstić information content (AvgIpc) is 2.71. The zero-order chi connectivity index (χ0) is 13.8. The van der Waals surface area contributed by atoms with Gasteiger partial charge < -0.3 is 4.74 Å². The van der Waals surface area contributed by atoms with Crippen LogP contribution in [0.2, 0.25) is 0 Å². The maximum Gasteiger partial charge on any atom is 0.317 e. The number of ether oxygens (including phenoxy) is 1. The molecule has 0 spiro atoms. The van der Waals surface area contributed by atoms with Gasteiger partial charge in [-0.2, -0.15) is 5.10 Å². The highest BCUT2D eigenvalue weighted by molar-refractivity contribution is 5.74. The summed E-state index contributed by atoms with van der Waals surface area (Å²) in [6.07, 6.45) is 0.190. The van der Waals surface area contributed by atoms with Crippen molar-refractivity contribution >= 4 is 5.97 Å². The van der Waals surface area contributed by atoms with Crippen LogP contribution in [0.5, 0.6) is 5.75 Å². The Morgan fingerprint density at radius 1 is 1.32 bits per heavy atom. The first-order valence-electron chi connectivity index (χ1n) is 6.35. The van der Waals surface area contributed by atoms with E-state index in [-0.39, 0.29) is 12.4 Å². The van der Waals surface area contributed by atoms with Crippen LogP contribution in [0, 0.1) is 0 Å². The van der Waals surface area contributed by atoms with Crippen LogP contribution in [-0.4, -0.2) is 15.7 Å². The first kappa shape index (κ1) is 13.3. The van der Waals surface area contributed by atoms with Crippen LogP contribution in [0.4, 0.5) is 0 Å². The molecule has 2 aromatic rings. The standard InChI is InChI=1S/C15H18N2O2/c1-11(2)14-9-12(16-17(14)3)10-15(18)19-13-7-5-4-6-8-13/h4-9,11H,10H2,1-3H3. The Bertz CT molecular complexity index is 559. The summed E-state index contributed by atoms with van der Waals surface area (Å²) < 4.78 is 7.05. The third kappa shape index (κ3) is 3.44. The molecule has 19 heavy (non-hydrogen) atoms. The van der Waals surface area contributed by atoms with E-state index in [9.17, 15) is 4.79 Å². The molecule has 0 unspecified atom stereocenters. The molecule has 1 aromatic carbocycles. The molecule has 0 aliphatic heterocycles. The Balaban J connectivity index is 2.01. The van der Waals surface area contributed by atoms with Crippen LogP contribution in [0.1, 0.15) is 31.2 Å². The number of carbonyl (C=O) groups is 1. The van der Waals surface area contributed by atoms with Crippen molar-refractivity contribution < 1.29 is 9.53 Å². The molecule has 100 valence electrons. The van der Waals surface area contributed by atoms with Gasteiger partial charge in [-0.1, -0.05) is 32.0 Å². The molecular formula is C15H18N2O2. The number of para-hydroxylation sites is 1. The van der Waals surface area contributed by atoms with Gasteiger partial charge in [0.1, 0.15) is 5.75 Å². The first-order chi connectivity index (χ1) is 9.06. The van der Waals surface area contributed by atoms with Crippen LogP contribution in [0.25, 0.3) is 0 Å². The normalized spacial score (nSPS) is 10.7. The number of aromatic nitrogens is 2. The van der Waals surface area contributed by atoms with Crippen LogP contribution < -0.4 is 4.74 Å². The van der Waals surface area contributed by atoms with Crippen molar-refractivity contribution in [3.8, 4) is 5.75 Å². The largest absolute Gasteiger partial charge is 0.426 e. The van der Waals surface area contributed by atoms with Gasteiger partial charge in [-0.15, -0.1) is 0 Å². The van der Waals surface area contributed by atoms with Gasteiger partial charge in [-0.25, -0.2) is 0 Å². The van der Waals surface area contributed by atoms with E-state index in [1.54, 1.807) is 12.1 Å². The van der Waals surface area contributed by atoms with Gasteiger partial charge in [0.2, 0.25) is 0 Å². The smallest absolute Gasteiger partial charge is 0.317 e. The molecule has 4 nitrogen and oxygen atoms in total. The summed E-state index contributed by atoms with van der Waals surface area (Å²) in [6.45, 7) is 4.20. The van der Waals surface area contributed by atoms with Gasteiger partial charge >= 0.3 is 5.97 Å². The molecule has 4 heteroatoms. The van der Waals surface area contributed by atoms with Crippen LogP contribution in [0.15, 0.2) is 36.4 Å². The first-order valence-corrected chi connectivity index (χ1v) is 6.35. The van der Waals surface area contributed by atoms with Crippen molar-refractivity contribution in [1.29, 1.82) is 0 Å². The Morgan fingerprint density at radius 2 is 2.00 bits per heavy atom. The summed E-state index contributed by atoms with van der Waals surface area (Å²) in [5.41, 5.74) is 1.86. The van der Waals surface area contributed by atoms with E-state index < -0.39 is 0 Å². The summed E-state index contributed by atoms with van der Waals surface area (Å²) in [6, 6.07) is 11.0. The molecule has 1 heterocycles. The SMILES string of the molecule is CC(C)c1cc(CC(=O)Oc2ccccc2)nn1C. The molecule has 0 atom stereocenters. The third-order valence-electron chi connectivity index (χ3n) is 2.86. The van der Waals surface area contributed by atoms with Crippen molar-refractivity contribution in [2.75, 3.05) is 0 Å². The monoisotopic (exact) mass is 258 g/mol. The van der Waals surface area contributed by atoms with Crippen LogP contribution in [0.3, 0.4) is 0 Å². The fourth-order valence-corrected chi connectivity index (χ4v) is 1.97. The summed E-state index contributed by atoms with van der Waals surface area (Å²) in [5.74, 6) is 0.656. The van der Waals surface area contributed by atoms with E-state index >= 15 is 0 Å². The fourth-order valence-electron chi connectivity index (χ4n) is 1.97. The second-order valence-corrected chi connectivity index (χ2v) is 4.80. The van der Waals surface area contributed by atoms with Crippen molar-refractivity contribution in [3.05, 3.63) is 47.8 Å². The summed E-state index contributed by atoms with van der Waals surface area (Å²) in [5, 5.41) is 4.33. The average molecular weight is 258 g/mol. The molecule has 0 radical (unpaired) electrons. The predicted octanol–water partition coefficient (Wildman–Crippen LogP) is 2.69. The molecular weight excluding hydrogens is 240 g/mol. The lowest BCUT2D eigenvalue weighted by molar-refractivity contribution is -0.133. The van der Waals surface area contributed by atoms with E-state index in [1.165, 1.54) is 0 Å². The predicted molar refractivity (Wildman–Crippen MR) is 73.1 cm³/mol. The third-order valence-corrected chi connectivity index (χ3v) is 2.86. The number of esters is 1. The maximum absolute atomic E-state index is 11.8. The van der Waals surface area contributed by atoms with Gasteiger partial charge in [0.25, 0.3) is 0 Å². The zero-order valence-electron chi connectivity index (χ0n) is 11.5. The van der Waals surface area contributed by atoms with Crippen LogP contribution in [-0.2, 0) is 18.3 Å². The van der Waals surface area contributed by atoms with Crippen LogP contribution >= 0.6 is 0 Å². The molecule has 0 saturated carbocycles. The molecule has 0 saturated heterocycles. The summed E-state index contributed by atoms with van der Waals surface area (Å²) in [4.78, 5) is 11.8. The molecule has 0 N–H and O–H groups in total. The van der Waals surface area contributed by atoms with E-state index in [0.29, 0.717) is 11.7 Å². The Hall–Kier alpha value is -2.10. The van der Waals surface area contributed by atoms with Gasteiger partial charge in [0.05, 0.1) is 12.1 Å². The number of carbonyl (C=O) groups excluding carboxylic acids is 1. The minimum atomic E-state index is -0.292. The van der Waals surface area contributed by atoms with Crippen molar-refractivity contribution in [2.45, 2.75) is 26.2 Å². The highest BCUT2D eigenvalue weighted by Gasteiger charge is 2.13. The molecule has 1 aromatic heterocycles. The van der Waals surface area contributed by atoms with Gasteiger partial charge in [-0.3, -0.25) is 9.48 Å². The Morgan fingerprint density at radius 3 is 2.58 bits per heavy atom. The zero-order valence-corrected chi connectivity index (χ0v) is 11.5. The highest BCUT2D eigenvalue weighted by atomic mass is 16.5. The van der Waals surface area contributed by atoms with E-state index in [1.807, 2.05) is 36.0 Å². The lowest BCUT2D eigenvalue weighted by atomic mass is 10.1. The molecule has 0 aliphatic rings. The quantitative estimate of drug-likeness (QED) is 0.625. The maximum atomic E-state index is 11.8. The fraction of sp³-hybridized carbons (Fsp3) is 0.333. The van der Waals surface area contributed by atoms with Crippen molar-refractivity contribution in [2.24, 2.45) is 7.05 Å². The molecule has 0 bridgehead atoms. The number of hydrogen-bond donors (Lipinski definition) is 0. The minimum Gasteiger partial charge on any atom is -0.426 e. The van der Waals surface area contributed by atoms with E-state index in [2.05, 4.69) is 18.9 Å². The lowest BCUT2D eigenvalue weighted by Crippen LogP contribution is -2.11. The molecule has 0 aliphatic carbocycles. The number of nitrogens with zero attached hydrogens (tertiary/aromatic N) is 2. The number of benzene rings is 1. The number of hydrogen-bond acceptors (Lipinski definition) is 3. The molecule has 2 rings (SSSR count). The summed E-state index contributed by atoms with van der Waals surface area (Å²) in [7, 11) is 1.89. The Labute approximate surface area is 113 Å². The van der Waals surface area contributed by atoms with Gasteiger partial charge in [0.15, 0.2) is 0 Å². The van der Waals surface area contributed by atoms with Crippen molar-refractivity contribution in [3.63, 3.8) is 0 Å². The lowest BCUT2D eigenvalue weighted by Gasteiger charge is -2.02. The second-order valence-electron chi connectivity index (χ2n) is 4.80. The molecule has 0 fully saturated rings. The van der Waals surface area contributed by atoms with E-state index in [4.69, 9.17) is 4.74 Å². The second kappa shape index (κ2) is 5.69.